The molecule has 1 fully saturated rings. The van der Waals surface area contributed by atoms with Gasteiger partial charge in [-0.15, -0.1) is 11.8 Å². The molecule has 1 heterocycles. The summed E-state index contributed by atoms with van der Waals surface area (Å²) in [6.07, 6.45) is 0. The third kappa shape index (κ3) is 3.02. The number of rotatable bonds is 4. The Morgan fingerprint density at radius 3 is 2.88 bits per heavy atom. The fourth-order valence-corrected chi connectivity index (χ4v) is 2.57. The first-order valence-corrected chi connectivity index (χ1v) is 6.20. The van der Waals surface area contributed by atoms with E-state index in [9.17, 15) is 9.59 Å². The molecule has 1 atom stereocenters. The van der Waals surface area contributed by atoms with Gasteiger partial charge >= 0.3 is 12.0 Å². The highest BCUT2D eigenvalue weighted by atomic mass is 32.2. The van der Waals surface area contributed by atoms with Crippen molar-refractivity contribution in [1.82, 2.24) is 15.1 Å². The average Bonchev–Trinajstić information content (AvgIpc) is 2.73. The van der Waals surface area contributed by atoms with Crippen LogP contribution in [-0.4, -0.2) is 71.8 Å². The van der Waals surface area contributed by atoms with Crippen LogP contribution < -0.4 is 5.32 Å². The van der Waals surface area contributed by atoms with Crippen molar-refractivity contribution in [2.24, 2.45) is 0 Å². The molecule has 1 unspecified atom stereocenters. The summed E-state index contributed by atoms with van der Waals surface area (Å²) in [6.45, 7) is 1.27. The lowest BCUT2D eigenvalue weighted by atomic mass is 10.3. The molecule has 1 rings (SSSR count). The number of amides is 2. The minimum atomic E-state index is -0.930. The van der Waals surface area contributed by atoms with E-state index < -0.39 is 12.0 Å². The number of hydrogen-bond donors (Lipinski definition) is 2. The summed E-state index contributed by atoms with van der Waals surface area (Å²) >= 11 is 1.47. The van der Waals surface area contributed by atoms with E-state index in [1.807, 2.05) is 7.05 Å². The lowest BCUT2D eigenvalue weighted by Crippen LogP contribution is -2.48. The SMILES string of the molecule is CNCCN(C)C(=O)N1CSCC1C(=O)O. The lowest BCUT2D eigenvalue weighted by molar-refractivity contribution is -0.140. The number of nitrogens with zero attached hydrogens (tertiary/aromatic N) is 2. The summed E-state index contributed by atoms with van der Waals surface area (Å²) in [7, 11) is 3.49. The first-order chi connectivity index (χ1) is 7.57. The second-order valence-corrected chi connectivity index (χ2v) is 4.63. The van der Waals surface area contributed by atoms with Gasteiger partial charge in [0.25, 0.3) is 0 Å². The molecular formula is C9H17N3O3S. The molecule has 0 saturated carbocycles. The van der Waals surface area contributed by atoms with Gasteiger partial charge in [-0.3, -0.25) is 0 Å². The molecule has 1 saturated heterocycles. The third-order valence-corrected chi connectivity index (χ3v) is 3.45. The molecule has 1 aliphatic heterocycles. The topological polar surface area (TPSA) is 72.9 Å². The summed E-state index contributed by atoms with van der Waals surface area (Å²) in [5, 5.41) is 11.9. The number of carboxylic acid groups (broad SMARTS) is 1. The Morgan fingerprint density at radius 1 is 1.62 bits per heavy atom. The number of likely N-dealkylation sites (N-methyl/N-ethyl adjacent to an activating group) is 2. The van der Waals surface area contributed by atoms with E-state index in [0.717, 1.165) is 0 Å². The summed E-state index contributed by atoms with van der Waals surface area (Å²) in [6, 6.07) is -0.901. The molecule has 16 heavy (non-hydrogen) atoms. The first-order valence-electron chi connectivity index (χ1n) is 5.04. The van der Waals surface area contributed by atoms with Crippen molar-refractivity contribution in [3.63, 3.8) is 0 Å². The highest BCUT2D eigenvalue weighted by Crippen LogP contribution is 2.22. The van der Waals surface area contributed by atoms with Crippen LogP contribution in [0.2, 0.25) is 0 Å². The Bertz CT molecular complexity index is 275. The van der Waals surface area contributed by atoms with Gasteiger partial charge in [0.15, 0.2) is 0 Å². The van der Waals surface area contributed by atoms with Gasteiger partial charge in [0.1, 0.15) is 6.04 Å². The van der Waals surface area contributed by atoms with Crippen LogP contribution in [0.15, 0.2) is 0 Å². The van der Waals surface area contributed by atoms with Crippen molar-refractivity contribution >= 4 is 23.8 Å². The van der Waals surface area contributed by atoms with Crippen LogP contribution in [-0.2, 0) is 4.79 Å². The van der Waals surface area contributed by atoms with Crippen LogP contribution in [0.1, 0.15) is 0 Å². The van der Waals surface area contributed by atoms with Crippen molar-refractivity contribution in [3.8, 4) is 0 Å². The van der Waals surface area contributed by atoms with Crippen LogP contribution in [0, 0.1) is 0 Å². The van der Waals surface area contributed by atoms with E-state index in [4.69, 9.17) is 5.11 Å². The molecule has 0 aromatic rings. The van der Waals surface area contributed by atoms with Crippen LogP contribution in [0.5, 0.6) is 0 Å². The van der Waals surface area contributed by atoms with Crippen molar-refractivity contribution in [3.05, 3.63) is 0 Å². The van der Waals surface area contributed by atoms with Gasteiger partial charge in [-0.2, -0.15) is 0 Å². The van der Waals surface area contributed by atoms with Gasteiger partial charge in [0, 0.05) is 25.9 Å². The second kappa shape index (κ2) is 5.95. The van der Waals surface area contributed by atoms with Gasteiger partial charge in [-0.1, -0.05) is 0 Å². The number of carbonyl (C=O) groups is 2. The first kappa shape index (κ1) is 13.1. The van der Waals surface area contributed by atoms with Gasteiger partial charge in [-0.05, 0) is 7.05 Å². The van der Waals surface area contributed by atoms with Gasteiger partial charge in [-0.25, -0.2) is 9.59 Å². The van der Waals surface area contributed by atoms with Crippen molar-refractivity contribution in [1.29, 1.82) is 0 Å². The number of nitrogens with one attached hydrogen (secondary N) is 1. The Hall–Kier alpha value is -0.950. The zero-order valence-electron chi connectivity index (χ0n) is 9.47. The Balaban J connectivity index is 2.55. The Kier molecular flexibility index (Phi) is 4.88. The quantitative estimate of drug-likeness (QED) is 0.714. The summed E-state index contributed by atoms with van der Waals surface area (Å²) in [5.41, 5.74) is 0. The van der Waals surface area contributed by atoms with Crippen LogP contribution in [0.3, 0.4) is 0 Å². The number of aliphatic carboxylic acids is 1. The van der Waals surface area contributed by atoms with Gasteiger partial charge in [0.05, 0.1) is 5.88 Å². The molecule has 0 aromatic carbocycles. The largest absolute Gasteiger partial charge is 0.480 e. The fraction of sp³-hybridized carbons (Fsp3) is 0.778. The van der Waals surface area contributed by atoms with E-state index in [0.29, 0.717) is 24.7 Å². The summed E-state index contributed by atoms with van der Waals surface area (Å²) in [5.74, 6) is 0.000969. The van der Waals surface area contributed by atoms with E-state index >= 15 is 0 Å². The zero-order valence-corrected chi connectivity index (χ0v) is 10.3. The monoisotopic (exact) mass is 247 g/mol. The average molecular weight is 247 g/mol. The number of thioether (sulfide) groups is 1. The number of hydrogen-bond acceptors (Lipinski definition) is 4. The molecule has 2 N–H and O–H groups in total. The molecule has 7 heteroatoms. The highest BCUT2D eigenvalue weighted by Gasteiger charge is 2.35. The predicted octanol–water partition coefficient (Wildman–Crippen LogP) is -0.283. The highest BCUT2D eigenvalue weighted by molar-refractivity contribution is 7.99. The van der Waals surface area contributed by atoms with Crippen molar-refractivity contribution in [2.75, 3.05) is 38.8 Å². The maximum atomic E-state index is 11.9. The normalized spacial score (nSPS) is 19.9. The van der Waals surface area contributed by atoms with E-state index in [2.05, 4.69) is 5.32 Å². The standard InChI is InChI=1S/C9H17N3O3S/c1-10-3-4-11(2)9(15)12-6-16-5-7(12)8(13)14/h7,10H,3-6H2,1-2H3,(H,13,14). The van der Waals surface area contributed by atoms with E-state index in [1.54, 1.807) is 11.9 Å². The molecule has 0 bridgehead atoms. The molecule has 92 valence electrons. The molecule has 2 amide bonds. The lowest BCUT2D eigenvalue weighted by Gasteiger charge is -2.26. The zero-order chi connectivity index (χ0) is 12.1. The van der Waals surface area contributed by atoms with Crippen molar-refractivity contribution < 1.29 is 14.7 Å². The maximum absolute atomic E-state index is 11.9. The number of carbonyl (C=O) groups excluding carboxylic acids is 1. The minimum Gasteiger partial charge on any atom is -0.480 e. The summed E-state index contributed by atoms with van der Waals surface area (Å²) in [4.78, 5) is 25.8. The molecular weight excluding hydrogens is 230 g/mol. The van der Waals surface area contributed by atoms with Gasteiger partial charge in [0.2, 0.25) is 0 Å². The van der Waals surface area contributed by atoms with Crippen molar-refractivity contribution in [2.45, 2.75) is 6.04 Å². The van der Waals surface area contributed by atoms with E-state index in [1.165, 1.54) is 16.7 Å². The van der Waals surface area contributed by atoms with E-state index in [-0.39, 0.29) is 6.03 Å². The molecule has 0 radical (unpaired) electrons. The predicted molar refractivity (Wildman–Crippen MR) is 62.5 cm³/mol. The fourth-order valence-electron chi connectivity index (χ4n) is 1.43. The smallest absolute Gasteiger partial charge is 0.327 e. The minimum absolute atomic E-state index is 0.215. The number of carboxylic acids is 1. The Labute approximate surface area is 99.0 Å². The third-order valence-electron chi connectivity index (χ3n) is 2.44. The number of urea groups is 1. The maximum Gasteiger partial charge on any atom is 0.327 e. The van der Waals surface area contributed by atoms with Crippen LogP contribution in [0.25, 0.3) is 0 Å². The van der Waals surface area contributed by atoms with Crippen LogP contribution >= 0.6 is 11.8 Å². The molecule has 0 aliphatic carbocycles. The Morgan fingerprint density at radius 2 is 2.31 bits per heavy atom. The second-order valence-electron chi connectivity index (χ2n) is 3.63. The van der Waals surface area contributed by atoms with Gasteiger partial charge < -0.3 is 20.2 Å². The molecule has 0 spiro atoms. The molecule has 1 aliphatic rings. The molecule has 6 nitrogen and oxygen atoms in total. The summed E-state index contributed by atoms with van der Waals surface area (Å²) < 4.78 is 0. The van der Waals surface area contributed by atoms with Crippen LogP contribution in [0.4, 0.5) is 4.79 Å². The molecule has 0 aromatic heterocycles.